The van der Waals surface area contributed by atoms with Crippen LogP contribution in [0.3, 0.4) is 0 Å². The zero-order chi connectivity index (χ0) is 19.0. The van der Waals surface area contributed by atoms with Gasteiger partial charge in [-0.25, -0.2) is 4.99 Å². The van der Waals surface area contributed by atoms with Gasteiger partial charge >= 0.3 is 6.18 Å². The van der Waals surface area contributed by atoms with Gasteiger partial charge in [0.1, 0.15) is 6.61 Å². The summed E-state index contributed by atoms with van der Waals surface area (Å²) in [7, 11) is 0. The first kappa shape index (κ1) is 23.2. The van der Waals surface area contributed by atoms with Crippen LogP contribution in [-0.4, -0.2) is 18.7 Å². The molecule has 0 saturated heterocycles. The van der Waals surface area contributed by atoms with Gasteiger partial charge in [0, 0.05) is 5.69 Å². The number of nitrogens with one attached hydrogen (secondary N) is 1. The first-order valence-corrected chi connectivity index (χ1v) is 8.24. The third-order valence-electron chi connectivity index (χ3n) is 3.62. The highest BCUT2D eigenvalue weighted by atomic mass is 127. The monoisotopic (exact) mass is 493 g/mol. The molecule has 0 fully saturated rings. The molecule has 0 radical (unpaired) electrons. The molecule has 0 atom stereocenters. The second-order valence-corrected chi connectivity index (χ2v) is 5.80. The minimum absolute atomic E-state index is 0. The molecule has 0 bridgehead atoms. The summed E-state index contributed by atoms with van der Waals surface area (Å²) >= 11 is 0. The Labute approximate surface area is 174 Å². The van der Waals surface area contributed by atoms with Crippen molar-refractivity contribution in [2.45, 2.75) is 32.7 Å². The normalized spacial score (nSPS) is 11.8. The van der Waals surface area contributed by atoms with E-state index in [1.165, 1.54) is 5.56 Å². The number of anilines is 1. The second kappa shape index (κ2) is 11.1. The van der Waals surface area contributed by atoms with Crippen LogP contribution in [0.25, 0.3) is 0 Å². The number of halogens is 4. The summed E-state index contributed by atoms with van der Waals surface area (Å²) in [5.74, 6) is 0.298. The van der Waals surface area contributed by atoms with Gasteiger partial charge in [-0.1, -0.05) is 43.3 Å². The molecule has 0 aliphatic rings. The second-order valence-electron chi connectivity index (χ2n) is 5.80. The molecule has 2 aromatic carbocycles. The van der Waals surface area contributed by atoms with E-state index in [1.807, 2.05) is 24.3 Å². The van der Waals surface area contributed by atoms with E-state index >= 15 is 0 Å². The average molecular weight is 493 g/mol. The maximum Gasteiger partial charge on any atom is 0.411 e. The number of guanidine groups is 1. The van der Waals surface area contributed by atoms with Crippen LogP contribution in [0.2, 0.25) is 0 Å². The van der Waals surface area contributed by atoms with E-state index < -0.39 is 12.8 Å². The summed E-state index contributed by atoms with van der Waals surface area (Å²) in [6.45, 7) is 1.13. The number of hydrogen-bond donors (Lipinski definition) is 2. The highest BCUT2D eigenvalue weighted by molar-refractivity contribution is 14.0. The van der Waals surface area contributed by atoms with Crippen molar-refractivity contribution in [3.8, 4) is 0 Å². The van der Waals surface area contributed by atoms with Crippen LogP contribution >= 0.6 is 24.0 Å². The number of benzene rings is 2. The molecule has 8 heteroatoms. The van der Waals surface area contributed by atoms with E-state index in [1.54, 1.807) is 24.3 Å². The molecule has 0 aliphatic heterocycles. The van der Waals surface area contributed by atoms with Crippen molar-refractivity contribution in [1.29, 1.82) is 0 Å². The molecule has 0 unspecified atom stereocenters. The first-order valence-electron chi connectivity index (χ1n) is 8.24. The van der Waals surface area contributed by atoms with Crippen LogP contribution in [0.4, 0.5) is 18.9 Å². The molecule has 0 aromatic heterocycles. The van der Waals surface area contributed by atoms with Crippen LogP contribution in [0, 0.1) is 0 Å². The van der Waals surface area contributed by atoms with Gasteiger partial charge in [0.15, 0.2) is 5.96 Å². The largest absolute Gasteiger partial charge is 0.411 e. The van der Waals surface area contributed by atoms with Gasteiger partial charge < -0.3 is 15.8 Å². The summed E-state index contributed by atoms with van der Waals surface area (Å²) in [6, 6.07) is 14.9. The van der Waals surface area contributed by atoms with Gasteiger partial charge in [-0.05, 0) is 35.2 Å². The number of ether oxygens (including phenoxy) is 1. The third-order valence-corrected chi connectivity index (χ3v) is 3.62. The van der Waals surface area contributed by atoms with Crippen molar-refractivity contribution in [2.24, 2.45) is 10.7 Å². The Bertz CT molecular complexity index is 716. The van der Waals surface area contributed by atoms with Crippen LogP contribution in [0.1, 0.15) is 23.6 Å². The lowest BCUT2D eigenvalue weighted by Gasteiger charge is -2.08. The molecule has 0 aliphatic carbocycles. The topological polar surface area (TPSA) is 59.6 Å². The van der Waals surface area contributed by atoms with Crippen molar-refractivity contribution >= 4 is 35.6 Å². The van der Waals surface area contributed by atoms with E-state index in [2.05, 4.69) is 22.0 Å². The lowest BCUT2D eigenvalue weighted by Crippen LogP contribution is -2.22. The van der Waals surface area contributed by atoms with Gasteiger partial charge in [-0.2, -0.15) is 13.2 Å². The zero-order valence-electron chi connectivity index (χ0n) is 14.9. The maximum atomic E-state index is 12.0. The fourth-order valence-electron chi connectivity index (χ4n) is 2.21. The lowest BCUT2D eigenvalue weighted by molar-refractivity contribution is -0.176. The molecule has 4 nitrogen and oxygen atoms in total. The van der Waals surface area contributed by atoms with Crippen LogP contribution in [0.5, 0.6) is 0 Å². The minimum Gasteiger partial charge on any atom is -0.370 e. The number of alkyl halides is 3. The zero-order valence-corrected chi connectivity index (χ0v) is 17.3. The minimum atomic E-state index is -4.31. The predicted octanol–water partition coefficient (Wildman–Crippen LogP) is 4.87. The van der Waals surface area contributed by atoms with E-state index in [9.17, 15) is 13.2 Å². The number of rotatable bonds is 7. The molecule has 2 rings (SSSR count). The van der Waals surface area contributed by atoms with Crippen molar-refractivity contribution < 1.29 is 17.9 Å². The standard InChI is InChI=1S/C19H22F3N3O.HI/c1-2-14-7-9-17(10-8-14)25-18(23)24-11-15-3-5-16(6-4-15)12-26-13-19(20,21)22;/h3-10H,2,11-13H2,1H3,(H3,23,24,25);1H. The Morgan fingerprint density at radius 1 is 1.00 bits per heavy atom. The Kier molecular flexibility index (Phi) is 9.57. The third kappa shape index (κ3) is 9.09. The number of aliphatic imine (C=N–C) groups is 1. The molecule has 27 heavy (non-hydrogen) atoms. The SMILES string of the molecule is CCc1ccc(NC(N)=NCc2ccc(COCC(F)(F)F)cc2)cc1.I. The molecule has 0 saturated carbocycles. The average Bonchev–Trinajstić information content (AvgIpc) is 2.61. The quantitative estimate of drug-likeness (QED) is 0.329. The number of hydrogen-bond acceptors (Lipinski definition) is 2. The fourth-order valence-corrected chi connectivity index (χ4v) is 2.21. The summed E-state index contributed by atoms with van der Waals surface area (Å²) in [5, 5.41) is 3.02. The lowest BCUT2D eigenvalue weighted by atomic mass is 10.1. The first-order chi connectivity index (χ1) is 12.4. The van der Waals surface area contributed by atoms with Gasteiger partial charge in [0.2, 0.25) is 0 Å². The van der Waals surface area contributed by atoms with Gasteiger partial charge in [0.05, 0.1) is 13.2 Å². The molecular formula is C19H23F3IN3O. The van der Waals surface area contributed by atoms with Crippen molar-refractivity contribution in [1.82, 2.24) is 0 Å². The summed E-state index contributed by atoms with van der Waals surface area (Å²) in [5.41, 5.74) is 9.54. The fraction of sp³-hybridized carbons (Fsp3) is 0.316. The van der Waals surface area contributed by atoms with Gasteiger partial charge in [-0.3, -0.25) is 0 Å². The molecule has 2 aromatic rings. The Morgan fingerprint density at radius 3 is 2.11 bits per heavy atom. The van der Waals surface area contributed by atoms with Crippen molar-refractivity contribution in [3.05, 3.63) is 65.2 Å². The van der Waals surface area contributed by atoms with E-state index in [-0.39, 0.29) is 30.6 Å². The van der Waals surface area contributed by atoms with E-state index in [4.69, 9.17) is 5.73 Å². The molecule has 0 spiro atoms. The molecule has 0 heterocycles. The van der Waals surface area contributed by atoms with Crippen LogP contribution in [0.15, 0.2) is 53.5 Å². The van der Waals surface area contributed by atoms with Crippen molar-refractivity contribution in [3.63, 3.8) is 0 Å². The molecular weight excluding hydrogens is 470 g/mol. The van der Waals surface area contributed by atoms with Gasteiger partial charge in [-0.15, -0.1) is 24.0 Å². The van der Waals surface area contributed by atoms with E-state index in [0.717, 1.165) is 17.7 Å². The number of nitrogens with two attached hydrogens (primary N) is 1. The maximum absolute atomic E-state index is 12.0. The van der Waals surface area contributed by atoms with Crippen molar-refractivity contribution in [2.75, 3.05) is 11.9 Å². The Balaban J connectivity index is 0.00000364. The molecule has 3 N–H and O–H groups in total. The summed E-state index contributed by atoms with van der Waals surface area (Å²) < 4.78 is 40.7. The number of aryl methyl sites for hydroxylation is 1. The van der Waals surface area contributed by atoms with Gasteiger partial charge in [0.25, 0.3) is 0 Å². The highest BCUT2D eigenvalue weighted by Crippen LogP contribution is 2.16. The molecule has 148 valence electrons. The van der Waals surface area contributed by atoms with Crippen LogP contribution < -0.4 is 11.1 Å². The predicted molar refractivity (Wildman–Crippen MR) is 112 cm³/mol. The Morgan fingerprint density at radius 2 is 1.56 bits per heavy atom. The number of nitrogens with zero attached hydrogens (tertiary/aromatic N) is 1. The van der Waals surface area contributed by atoms with E-state index in [0.29, 0.717) is 18.1 Å². The highest BCUT2D eigenvalue weighted by Gasteiger charge is 2.27. The van der Waals surface area contributed by atoms with Crippen LogP contribution in [-0.2, 0) is 24.3 Å². The Hall–Kier alpha value is -1.81. The summed E-state index contributed by atoms with van der Waals surface area (Å²) in [4.78, 5) is 4.26. The smallest absolute Gasteiger partial charge is 0.370 e. The molecule has 0 amide bonds. The summed E-state index contributed by atoms with van der Waals surface area (Å²) in [6.07, 6.45) is -3.34.